The molecule has 1 aromatic heterocycles. The monoisotopic (exact) mass is 300 g/mol. The van der Waals surface area contributed by atoms with Gasteiger partial charge < -0.3 is 9.15 Å². The average Bonchev–Trinajstić information content (AvgIpc) is 2.61. The first-order valence-electron chi connectivity index (χ1n) is 7.52. The maximum absolute atomic E-state index is 13.1. The molecule has 1 atom stereocenters. The van der Waals surface area contributed by atoms with Crippen LogP contribution in [0.15, 0.2) is 70.1 Å². The molecular weight excluding hydrogens is 288 g/mol. The van der Waals surface area contributed by atoms with E-state index in [1.165, 1.54) is 0 Å². The van der Waals surface area contributed by atoms with Crippen molar-refractivity contribution in [3.05, 3.63) is 82.4 Å². The van der Waals surface area contributed by atoms with Crippen LogP contribution < -0.4 is 5.43 Å². The van der Waals surface area contributed by atoms with E-state index in [0.717, 1.165) is 16.3 Å². The minimum absolute atomic E-state index is 0.00297. The van der Waals surface area contributed by atoms with Gasteiger partial charge >= 0.3 is 0 Å². The predicted octanol–water partition coefficient (Wildman–Crippen LogP) is 4.27. The Hall–Kier alpha value is -3.07. The van der Waals surface area contributed by atoms with Crippen LogP contribution in [0.1, 0.15) is 11.3 Å². The maximum atomic E-state index is 13.1. The molecule has 0 N–H and O–H groups in total. The van der Waals surface area contributed by atoms with Gasteiger partial charge in [0.05, 0.1) is 17.2 Å². The van der Waals surface area contributed by atoms with Gasteiger partial charge in [-0.2, -0.15) is 0 Å². The predicted molar refractivity (Wildman–Crippen MR) is 91.0 cm³/mol. The lowest BCUT2D eigenvalue weighted by atomic mass is 9.93. The Morgan fingerprint density at radius 1 is 1.04 bits per heavy atom. The Balaban J connectivity index is 1.94. The first-order valence-corrected chi connectivity index (χ1v) is 7.52. The quantitative estimate of drug-likeness (QED) is 0.582. The highest BCUT2D eigenvalue weighted by atomic mass is 16.5. The van der Waals surface area contributed by atoms with Crippen molar-refractivity contribution < 1.29 is 9.15 Å². The molecule has 23 heavy (non-hydrogen) atoms. The lowest BCUT2D eigenvalue weighted by Gasteiger charge is -2.23. The molecule has 0 fully saturated rings. The lowest BCUT2D eigenvalue weighted by Crippen LogP contribution is -2.20. The molecule has 1 unspecified atom stereocenters. The minimum Gasteiger partial charge on any atom is -0.489 e. The van der Waals surface area contributed by atoms with E-state index in [9.17, 15) is 4.79 Å². The van der Waals surface area contributed by atoms with Gasteiger partial charge in [0.25, 0.3) is 0 Å². The number of allylic oxidation sites excluding steroid dienone is 2. The molecule has 2 heterocycles. The molecule has 110 valence electrons. The highest BCUT2D eigenvalue weighted by Gasteiger charge is 2.27. The van der Waals surface area contributed by atoms with Crippen molar-refractivity contribution in [3.8, 4) is 0 Å². The van der Waals surface area contributed by atoms with Gasteiger partial charge in [-0.1, -0.05) is 30.3 Å². The fraction of sp³-hybridized carbons (Fsp3) is 0.0500. The lowest BCUT2D eigenvalue weighted by molar-refractivity contribution is 0.230. The van der Waals surface area contributed by atoms with Crippen LogP contribution in [0, 0.1) is 0 Å². The van der Waals surface area contributed by atoms with E-state index in [-0.39, 0.29) is 11.5 Å². The fourth-order valence-corrected chi connectivity index (χ4v) is 3.32. The number of fused-ring (bicyclic) bond motifs is 6. The number of benzene rings is 2. The van der Waals surface area contributed by atoms with Crippen LogP contribution in [0.2, 0.25) is 0 Å². The summed E-state index contributed by atoms with van der Waals surface area (Å²) in [5.41, 5.74) is 2.09. The Morgan fingerprint density at radius 3 is 2.91 bits per heavy atom. The molecule has 0 spiro atoms. The van der Waals surface area contributed by atoms with Crippen molar-refractivity contribution in [2.75, 3.05) is 0 Å². The van der Waals surface area contributed by atoms with Crippen LogP contribution in [0.4, 0.5) is 0 Å². The van der Waals surface area contributed by atoms with Crippen molar-refractivity contribution in [2.45, 2.75) is 6.10 Å². The molecule has 5 rings (SSSR count). The van der Waals surface area contributed by atoms with Crippen LogP contribution in [-0.4, -0.2) is 6.10 Å². The van der Waals surface area contributed by atoms with Crippen molar-refractivity contribution in [1.82, 2.24) is 0 Å². The summed E-state index contributed by atoms with van der Waals surface area (Å²) in [5, 5.41) is 2.59. The van der Waals surface area contributed by atoms with Crippen LogP contribution in [-0.2, 0) is 4.74 Å². The summed E-state index contributed by atoms with van der Waals surface area (Å²) in [6, 6.07) is 11.7. The molecule has 1 aliphatic heterocycles. The van der Waals surface area contributed by atoms with Crippen LogP contribution in [0.25, 0.3) is 33.4 Å². The first kappa shape index (κ1) is 12.5. The van der Waals surface area contributed by atoms with E-state index in [1.807, 2.05) is 60.7 Å². The van der Waals surface area contributed by atoms with E-state index < -0.39 is 0 Å². The number of ether oxygens (including phenoxy) is 1. The Labute approximate surface area is 131 Å². The zero-order valence-electron chi connectivity index (χ0n) is 12.2. The number of rotatable bonds is 0. The van der Waals surface area contributed by atoms with Gasteiger partial charge in [-0.05, 0) is 41.1 Å². The second-order valence-electron chi connectivity index (χ2n) is 5.70. The first-order chi connectivity index (χ1) is 11.3. The largest absolute Gasteiger partial charge is 0.489 e. The van der Waals surface area contributed by atoms with Crippen LogP contribution >= 0.6 is 0 Å². The number of hydrogen-bond acceptors (Lipinski definition) is 3. The molecule has 3 heteroatoms. The highest BCUT2D eigenvalue weighted by molar-refractivity contribution is 6.06. The normalized spacial score (nSPS) is 18.4. The van der Waals surface area contributed by atoms with E-state index in [2.05, 4.69) is 0 Å². The molecule has 3 aromatic rings. The summed E-state index contributed by atoms with van der Waals surface area (Å²) >= 11 is 0. The third-order valence-corrected chi connectivity index (χ3v) is 4.41. The summed E-state index contributed by atoms with van der Waals surface area (Å²) in [4.78, 5) is 13.1. The van der Waals surface area contributed by atoms with Crippen LogP contribution in [0.5, 0.6) is 0 Å². The SMILES string of the molecule is O=c1c2c(oc3ccc4ccccc4c13)C1=CC=COC1C=C2. The topological polar surface area (TPSA) is 39.4 Å². The van der Waals surface area contributed by atoms with Gasteiger partial charge in [-0.25, -0.2) is 0 Å². The molecule has 0 saturated heterocycles. The molecule has 0 bridgehead atoms. The van der Waals surface area contributed by atoms with Gasteiger partial charge in [0, 0.05) is 5.57 Å². The maximum Gasteiger partial charge on any atom is 0.201 e. The van der Waals surface area contributed by atoms with Crippen molar-refractivity contribution in [1.29, 1.82) is 0 Å². The summed E-state index contributed by atoms with van der Waals surface area (Å²) < 4.78 is 11.7. The average molecular weight is 300 g/mol. The Morgan fingerprint density at radius 2 is 1.96 bits per heavy atom. The molecule has 3 nitrogen and oxygen atoms in total. The van der Waals surface area contributed by atoms with E-state index >= 15 is 0 Å². The van der Waals surface area contributed by atoms with Crippen molar-refractivity contribution in [3.63, 3.8) is 0 Å². The van der Waals surface area contributed by atoms with Gasteiger partial charge in [0.2, 0.25) is 5.43 Å². The molecular formula is C20H12O3. The smallest absolute Gasteiger partial charge is 0.201 e. The molecule has 2 aromatic carbocycles. The van der Waals surface area contributed by atoms with E-state index in [1.54, 1.807) is 6.26 Å². The van der Waals surface area contributed by atoms with E-state index in [4.69, 9.17) is 9.15 Å². The molecule has 0 radical (unpaired) electrons. The summed E-state index contributed by atoms with van der Waals surface area (Å²) in [7, 11) is 0. The van der Waals surface area contributed by atoms with Gasteiger partial charge in [0.15, 0.2) is 0 Å². The highest BCUT2D eigenvalue weighted by Crippen LogP contribution is 2.34. The third kappa shape index (κ3) is 1.67. The third-order valence-electron chi connectivity index (χ3n) is 4.41. The summed E-state index contributed by atoms with van der Waals surface area (Å²) in [6.45, 7) is 0. The van der Waals surface area contributed by atoms with Crippen molar-refractivity contribution >= 4 is 33.4 Å². The number of hydrogen-bond donors (Lipinski definition) is 0. The molecule has 1 aliphatic carbocycles. The Kier molecular flexibility index (Phi) is 2.42. The van der Waals surface area contributed by atoms with Gasteiger partial charge in [-0.3, -0.25) is 4.79 Å². The summed E-state index contributed by atoms with van der Waals surface area (Å²) in [6.07, 6.45) is 8.92. The summed E-state index contributed by atoms with van der Waals surface area (Å²) in [5.74, 6) is 0.606. The standard InChI is InChI=1S/C20H12O3/c21-19-15-8-10-16-14(6-3-11-22-16)20(15)23-17-9-7-12-4-1-2-5-13(12)18(17)19/h1-11,16H. The van der Waals surface area contributed by atoms with Crippen LogP contribution in [0.3, 0.4) is 0 Å². The van der Waals surface area contributed by atoms with Crippen molar-refractivity contribution in [2.24, 2.45) is 0 Å². The molecule has 2 aliphatic rings. The van der Waals surface area contributed by atoms with E-state index in [0.29, 0.717) is 22.3 Å². The zero-order valence-corrected chi connectivity index (χ0v) is 12.2. The molecule has 0 saturated carbocycles. The zero-order chi connectivity index (χ0) is 15.4. The van der Waals surface area contributed by atoms with Gasteiger partial charge in [0.1, 0.15) is 17.4 Å². The molecule has 0 amide bonds. The van der Waals surface area contributed by atoms with Gasteiger partial charge in [-0.15, -0.1) is 0 Å². The second kappa shape index (κ2) is 4.46. The minimum atomic E-state index is -0.187. The fourth-order valence-electron chi connectivity index (χ4n) is 3.32. The second-order valence-corrected chi connectivity index (χ2v) is 5.70. The Bertz CT molecular complexity index is 1110.